The Hall–Kier alpha value is -3.94. The lowest BCUT2D eigenvalue weighted by Gasteiger charge is -2.23. The number of benzene rings is 2. The molecule has 1 unspecified atom stereocenters. The minimum Gasteiger partial charge on any atom is -0.444 e. The number of alkyl carbamates (subject to hydrolysis) is 1. The van der Waals surface area contributed by atoms with Crippen molar-refractivity contribution in [3.63, 3.8) is 0 Å². The molecule has 2 aromatic carbocycles. The van der Waals surface area contributed by atoms with Gasteiger partial charge in [0.15, 0.2) is 0 Å². The third-order valence-corrected chi connectivity index (χ3v) is 5.18. The number of nitrogens with zero attached hydrogens (tertiary/aromatic N) is 3. The first kappa shape index (κ1) is 23.2. The predicted molar refractivity (Wildman–Crippen MR) is 125 cm³/mol. The van der Waals surface area contributed by atoms with Crippen LogP contribution < -0.4 is 5.32 Å². The zero-order valence-corrected chi connectivity index (χ0v) is 19.0. The van der Waals surface area contributed by atoms with E-state index in [-0.39, 0.29) is 6.54 Å². The van der Waals surface area contributed by atoms with E-state index in [1.807, 2.05) is 24.3 Å². The SMILES string of the molecule is CC(C)(C)OC(=O)NCC(c1cc(F)cc(F)c1)c1ncncc1-c1cccc2cnccc12. The summed E-state index contributed by atoms with van der Waals surface area (Å²) in [5.74, 6) is -2.11. The molecule has 1 amide bonds. The summed E-state index contributed by atoms with van der Waals surface area (Å²) in [6.45, 7) is 5.27. The van der Waals surface area contributed by atoms with Crippen molar-refractivity contribution in [1.29, 1.82) is 0 Å². The fourth-order valence-electron chi connectivity index (χ4n) is 3.83. The van der Waals surface area contributed by atoms with E-state index < -0.39 is 29.2 Å². The number of amides is 1. The highest BCUT2D eigenvalue weighted by Crippen LogP contribution is 2.35. The van der Waals surface area contributed by atoms with Crippen molar-refractivity contribution in [3.05, 3.63) is 90.3 Å². The molecule has 6 nitrogen and oxygen atoms in total. The summed E-state index contributed by atoms with van der Waals surface area (Å²) in [7, 11) is 0. The summed E-state index contributed by atoms with van der Waals surface area (Å²) in [4.78, 5) is 25.2. The van der Waals surface area contributed by atoms with E-state index in [1.54, 1.807) is 39.4 Å². The molecule has 1 N–H and O–H groups in total. The number of halogens is 2. The number of hydrogen-bond acceptors (Lipinski definition) is 5. The van der Waals surface area contributed by atoms with Crippen molar-refractivity contribution in [2.24, 2.45) is 0 Å². The second kappa shape index (κ2) is 9.51. The van der Waals surface area contributed by atoms with Crippen molar-refractivity contribution in [3.8, 4) is 11.1 Å². The quantitative estimate of drug-likeness (QED) is 0.416. The van der Waals surface area contributed by atoms with Gasteiger partial charge in [0, 0.05) is 48.1 Å². The molecule has 4 aromatic rings. The molecule has 0 saturated carbocycles. The normalized spacial score (nSPS) is 12.4. The van der Waals surface area contributed by atoms with Crippen LogP contribution in [0.1, 0.15) is 37.9 Å². The monoisotopic (exact) mass is 462 g/mol. The van der Waals surface area contributed by atoms with Gasteiger partial charge in [-0.15, -0.1) is 0 Å². The number of pyridine rings is 1. The molecule has 34 heavy (non-hydrogen) atoms. The van der Waals surface area contributed by atoms with Gasteiger partial charge in [-0.3, -0.25) is 4.98 Å². The summed E-state index contributed by atoms with van der Waals surface area (Å²) in [5.41, 5.74) is 1.67. The molecule has 2 heterocycles. The smallest absolute Gasteiger partial charge is 0.407 e. The third-order valence-electron chi connectivity index (χ3n) is 5.18. The van der Waals surface area contributed by atoms with Crippen LogP contribution in [0, 0.1) is 11.6 Å². The van der Waals surface area contributed by atoms with E-state index in [0.29, 0.717) is 16.8 Å². The molecule has 0 spiro atoms. The van der Waals surface area contributed by atoms with E-state index in [4.69, 9.17) is 4.74 Å². The van der Waals surface area contributed by atoms with Gasteiger partial charge < -0.3 is 10.1 Å². The Labute approximate surface area is 196 Å². The van der Waals surface area contributed by atoms with Crippen LogP contribution in [-0.4, -0.2) is 33.2 Å². The number of nitrogens with one attached hydrogen (secondary N) is 1. The number of ether oxygens (including phenoxy) is 1. The zero-order chi connectivity index (χ0) is 24.3. The van der Waals surface area contributed by atoms with Crippen LogP contribution in [-0.2, 0) is 4.74 Å². The summed E-state index contributed by atoms with van der Waals surface area (Å²) in [5, 5.41) is 4.57. The molecule has 0 radical (unpaired) electrons. The average Bonchev–Trinajstić information content (AvgIpc) is 2.77. The Bertz CT molecular complexity index is 1310. The standard InChI is InChI=1S/C26H24F2N4O2/c1-26(2,3)34-25(33)31-14-22(17-9-18(27)11-19(28)10-17)24-23(13-30-15-32-24)21-6-4-5-16-12-29-8-7-20(16)21/h4-13,15,22H,14H2,1-3H3,(H,31,33). The highest BCUT2D eigenvalue weighted by Gasteiger charge is 2.24. The number of carbonyl (C=O) groups is 1. The third kappa shape index (κ3) is 5.33. The van der Waals surface area contributed by atoms with Crippen molar-refractivity contribution in [2.75, 3.05) is 6.54 Å². The van der Waals surface area contributed by atoms with Gasteiger partial charge >= 0.3 is 6.09 Å². The van der Waals surface area contributed by atoms with Crippen molar-refractivity contribution in [1.82, 2.24) is 20.3 Å². The van der Waals surface area contributed by atoms with Gasteiger partial charge in [-0.25, -0.2) is 23.5 Å². The van der Waals surface area contributed by atoms with E-state index >= 15 is 0 Å². The second-order valence-electron chi connectivity index (χ2n) is 8.86. The van der Waals surface area contributed by atoms with E-state index in [0.717, 1.165) is 22.4 Å². The molecule has 174 valence electrons. The Balaban J connectivity index is 1.81. The average molecular weight is 463 g/mol. The second-order valence-corrected chi connectivity index (χ2v) is 8.86. The zero-order valence-electron chi connectivity index (χ0n) is 19.0. The van der Waals surface area contributed by atoms with Crippen molar-refractivity contribution < 1.29 is 18.3 Å². The van der Waals surface area contributed by atoms with Crippen LogP contribution in [0.2, 0.25) is 0 Å². The minimum absolute atomic E-state index is 0.00808. The van der Waals surface area contributed by atoms with Crippen LogP contribution in [0.15, 0.2) is 67.4 Å². The highest BCUT2D eigenvalue weighted by atomic mass is 19.1. The number of fused-ring (bicyclic) bond motifs is 1. The maximum absolute atomic E-state index is 14.2. The molecule has 2 aromatic heterocycles. The van der Waals surface area contributed by atoms with Gasteiger partial charge in [-0.05, 0) is 55.5 Å². The fraction of sp³-hybridized carbons (Fsp3) is 0.231. The highest BCUT2D eigenvalue weighted by molar-refractivity contribution is 5.96. The number of hydrogen-bond donors (Lipinski definition) is 1. The Kier molecular flexibility index (Phi) is 6.49. The molecule has 8 heteroatoms. The first-order chi connectivity index (χ1) is 16.2. The molecule has 4 rings (SSSR count). The summed E-state index contributed by atoms with van der Waals surface area (Å²) in [6.07, 6.45) is 5.85. The van der Waals surface area contributed by atoms with Gasteiger partial charge in [0.2, 0.25) is 0 Å². The molecular weight excluding hydrogens is 438 g/mol. The van der Waals surface area contributed by atoms with Crippen LogP contribution in [0.3, 0.4) is 0 Å². The maximum Gasteiger partial charge on any atom is 0.407 e. The molecule has 1 atom stereocenters. The van der Waals surface area contributed by atoms with Gasteiger partial charge in [0.1, 0.15) is 23.6 Å². The molecule has 0 aliphatic heterocycles. The minimum atomic E-state index is -0.718. The molecular formula is C26H24F2N4O2. The Morgan fingerprint density at radius 2 is 1.79 bits per heavy atom. The van der Waals surface area contributed by atoms with Crippen LogP contribution >= 0.6 is 0 Å². The first-order valence-corrected chi connectivity index (χ1v) is 10.8. The van der Waals surface area contributed by atoms with E-state index in [9.17, 15) is 13.6 Å². The van der Waals surface area contributed by atoms with Crippen molar-refractivity contribution in [2.45, 2.75) is 32.3 Å². The number of rotatable bonds is 5. The topological polar surface area (TPSA) is 77.0 Å². The molecule has 0 saturated heterocycles. The molecule has 0 bridgehead atoms. The molecule has 0 fully saturated rings. The predicted octanol–water partition coefficient (Wildman–Crippen LogP) is 5.63. The first-order valence-electron chi connectivity index (χ1n) is 10.8. The molecule has 0 aliphatic rings. The summed E-state index contributed by atoms with van der Waals surface area (Å²) in [6, 6.07) is 10.9. The largest absolute Gasteiger partial charge is 0.444 e. The number of carbonyl (C=O) groups excluding carboxylic acids is 1. The lowest BCUT2D eigenvalue weighted by molar-refractivity contribution is 0.0526. The summed E-state index contributed by atoms with van der Waals surface area (Å²) < 4.78 is 33.7. The fourth-order valence-corrected chi connectivity index (χ4v) is 3.83. The van der Waals surface area contributed by atoms with E-state index in [1.165, 1.54) is 18.5 Å². The van der Waals surface area contributed by atoms with Gasteiger partial charge in [0.05, 0.1) is 5.69 Å². The Morgan fingerprint density at radius 1 is 1.03 bits per heavy atom. The van der Waals surface area contributed by atoms with Crippen LogP contribution in [0.25, 0.3) is 21.9 Å². The van der Waals surface area contributed by atoms with E-state index in [2.05, 4.69) is 20.3 Å². The lowest BCUT2D eigenvalue weighted by Crippen LogP contribution is -2.35. The van der Waals surface area contributed by atoms with Crippen molar-refractivity contribution >= 4 is 16.9 Å². The maximum atomic E-state index is 14.2. The Morgan fingerprint density at radius 3 is 2.53 bits per heavy atom. The molecule has 0 aliphatic carbocycles. The van der Waals surface area contributed by atoms with Gasteiger partial charge in [-0.2, -0.15) is 0 Å². The van der Waals surface area contributed by atoms with Gasteiger partial charge in [0.25, 0.3) is 0 Å². The van der Waals surface area contributed by atoms with Gasteiger partial charge in [-0.1, -0.05) is 18.2 Å². The summed E-state index contributed by atoms with van der Waals surface area (Å²) >= 11 is 0. The number of aromatic nitrogens is 3. The van der Waals surface area contributed by atoms with Crippen LogP contribution in [0.5, 0.6) is 0 Å². The van der Waals surface area contributed by atoms with Crippen LogP contribution in [0.4, 0.5) is 13.6 Å². The lowest BCUT2D eigenvalue weighted by atomic mass is 9.89.